The molecule has 2 aromatic rings. The summed E-state index contributed by atoms with van der Waals surface area (Å²) in [6, 6.07) is 13.4. The summed E-state index contributed by atoms with van der Waals surface area (Å²) in [5.74, 6) is -2.34. The molecule has 1 N–H and O–H groups in total. The van der Waals surface area contributed by atoms with E-state index in [1.807, 2.05) is 42.5 Å². The zero-order valence-corrected chi connectivity index (χ0v) is 12.6. The molecule has 2 rings (SSSR count). The summed E-state index contributed by atoms with van der Waals surface area (Å²) >= 11 is 0. The number of benzene rings is 2. The number of fused-ring (bicyclic) bond motifs is 1. The number of hydrogen-bond acceptors (Lipinski definition) is 3. The van der Waals surface area contributed by atoms with E-state index in [2.05, 4.69) is 0 Å². The minimum Gasteiger partial charge on any atom is -0.481 e. The maximum Gasteiger partial charge on any atom is 0.307 e. The Balaban J connectivity index is 2.34. The minimum atomic E-state index is -3.32. The van der Waals surface area contributed by atoms with E-state index in [0.29, 0.717) is 0 Å². The second-order valence-electron chi connectivity index (χ2n) is 5.08. The monoisotopic (exact) mass is 306 g/mol. The molecule has 0 amide bonds. The van der Waals surface area contributed by atoms with Gasteiger partial charge in [-0.3, -0.25) is 4.79 Å². The Morgan fingerprint density at radius 3 is 2.48 bits per heavy atom. The van der Waals surface area contributed by atoms with E-state index in [1.54, 1.807) is 0 Å². The van der Waals surface area contributed by atoms with Gasteiger partial charge in [0, 0.05) is 5.75 Å². The Morgan fingerprint density at radius 1 is 1.14 bits per heavy atom. The van der Waals surface area contributed by atoms with Gasteiger partial charge in [0.1, 0.15) is 0 Å². The largest absolute Gasteiger partial charge is 0.481 e. The van der Waals surface area contributed by atoms with Crippen LogP contribution >= 0.6 is 0 Å². The zero-order valence-electron chi connectivity index (χ0n) is 11.8. The minimum absolute atomic E-state index is 0.0354. The highest BCUT2D eigenvalue weighted by molar-refractivity contribution is 7.91. The van der Waals surface area contributed by atoms with E-state index < -0.39 is 21.7 Å². The fourth-order valence-corrected chi connectivity index (χ4v) is 3.49. The van der Waals surface area contributed by atoms with E-state index in [-0.39, 0.29) is 17.9 Å². The second kappa shape index (κ2) is 6.26. The van der Waals surface area contributed by atoms with Gasteiger partial charge < -0.3 is 5.11 Å². The van der Waals surface area contributed by atoms with Crippen molar-refractivity contribution in [3.63, 3.8) is 0 Å². The van der Waals surface area contributed by atoms with E-state index in [0.717, 1.165) is 16.3 Å². The van der Waals surface area contributed by atoms with Crippen LogP contribution in [0.1, 0.15) is 12.5 Å². The maximum atomic E-state index is 11.7. The molecule has 21 heavy (non-hydrogen) atoms. The third-order valence-corrected chi connectivity index (χ3v) is 5.38. The lowest BCUT2D eigenvalue weighted by atomic mass is 9.96. The molecule has 112 valence electrons. The molecule has 0 fully saturated rings. The molecule has 0 aliphatic rings. The average molecular weight is 306 g/mol. The number of carboxylic acids is 1. The first-order valence-electron chi connectivity index (χ1n) is 6.83. The van der Waals surface area contributed by atoms with Crippen molar-refractivity contribution >= 4 is 26.6 Å². The van der Waals surface area contributed by atoms with E-state index >= 15 is 0 Å². The molecule has 0 saturated carbocycles. The molecule has 4 nitrogen and oxygen atoms in total. The number of aliphatic carboxylic acids is 1. The normalized spacial score (nSPS) is 13.2. The number of sulfone groups is 1. The van der Waals surface area contributed by atoms with Crippen molar-refractivity contribution in [2.24, 2.45) is 5.92 Å². The number of rotatable bonds is 6. The Kier molecular flexibility index (Phi) is 4.63. The molecule has 5 heteroatoms. The highest BCUT2D eigenvalue weighted by Gasteiger charge is 2.25. The van der Waals surface area contributed by atoms with Gasteiger partial charge in [-0.1, -0.05) is 49.4 Å². The average Bonchev–Trinajstić information content (AvgIpc) is 2.46. The summed E-state index contributed by atoms with van der Waals surface area (Å²) in [6.07, 6.45) is 0.218. The number of carbonyl (C=O) groups is 1. The first kappa shape index (κ1) is 15.5. The highest BCUT2D eigenvalue weighted by atomic mass is 32.2. The van der Waals surface area contributed by atoms with Crippen molar-refractivity contribution in [1.29, 1.82) is 0 Å². The van der Waals surface area contributed by atoms with E-state index in [9.17, 15) is 18.3 Å². The molecule has 0 heterocycles. The number of hydrogen-bond donors (Lipinski definition) is 1. The summed E-state index contributed by atoms with van der Waals surface area (Å²) in [5.41, 5.74) is 0.867. The van der Waals surface area contributed by atoms with Gasteiger partial charge in [0.25, 0.3) is 0 Å². The molecule has 1 unspecified atom stereocenters. The predicted octanol–water partition coefficient (Wildman–Crippen LogP) is 2.52. The van der Waals surface area contributed by atoms with Crippen LogP contribution in [-0.2, 0) is 21.1 Å². The molecule has 0 aliphatic heterocycles. The lowest BCUT2D eigenvalue weighted by molar-refractivity contribution is -0.140. The van der Waals surface area contributed by atoms with Gasteiger partial charge in [0.2, 0.25) is 0 Å². The van der Waals surface area contributed by atoms with Gasteiger partial charge in [-0.2, -0.15) is 0 Å². The molecule has 0 bridgehead atoms. The summed E-state index contributed by atoms with van der Waals surface area (Å²) in [4.78, 5) is 11.4. The summed E-state index contributed by atoms with van der Waals surface area (Å²) in [6.45, 7) is 1.53. The maximum absolute atomic E-state index is 11.7. The van der Waals surface area contributed by atoms with E-state index in [1.165, 1.54) is 6.92 Å². The van der Waals surface area contributed by atoms with Crippen LogP contribution in [0.3, 0.4) is 0 Å². The van der Waals surface area contributed by atoms with Gasteiger partial charge in [-0.05, 0) is 22.8 Å². The summed E-state index contributed by atoms with van der Waals surface area (Å²) in [5, 5.41) is 11.3. The van der Waals surface area contributed by atoms with Gasteiger partial charge in [0.05, 0.1) is 11.7 Å². The van der Waals surface area contributed by atoms with Crippen LogP contribution < -0.4 is 0 Å². The molecular weight excluding hydrogens is 288 g/mol. The summed E-state index contributed by atoms with van der Waals surface area (Å²) in [7, 11) is -3.32. The Morgan fingerprint density at radius 2 is 1.81 bits per heavy atom. The van der Waals surface area contributed by atoms with Crippen LogP contribution in [0.5, 0.6) is 0 Å². The molecule has 0 aliphatic carbocycles. The zero-order chi connectivity index (χ0) is 15.5. The van der Waals surface area contributed by atoms with Crippen LogP contribution in [0.4, 0.5) is 0 Å². The third kappa shape index (κ3) is 3.82. The molecule has 0 saturated heterocycles. The first-order chi connectivity index (χ1) is 9.93. The van der Waals surface area contributed by atoms with E-state index in [4.69, 9.17) is 0 Å². The second-order valence-corrected chi connectivity index (χ2v) is 7.47. The lowest BCUT2D eigenvalue weighted by Gasteiger charge is -2.14. The van der Waals surface area contributed by atoms with Crippen molar-refractivity contribution in [2.75, 3.05) is 11.5 Å². The molecule has 2 aromatic carbocycles. The van der Waals surface area contributed by atoms with Crippen LogP contribution in [0.2, 0.25) is 0 Å². The smallest absolute Gasteiger partial charge is 0.307 e. The quantitative estimate of drug-likeness (QED) is 0.890. The van der Waals surface area contributed by atoms with Crippen LogP contribution in [0.15, 0.2) is 42.5 Å². The third-order valence-electron chi connectivity index (χ3n) is 3.59. The fraction of sp³-hybridized carbons (Fsp3) is 0.312. The Labute approximate surface area is 124 Å². The van der Waals surface area contributed by atoms with Crippen LogP contribution in [0, 0.1) is 5.92 Å². The molecular formula is C16H18O4S. The Bertz CT molecular complexity index is 744. The molecule has 0 radical (unpaired) electrons. The lowest BCUT2D eigenvalue weighted by Crippen LogP contribution is -2.26. The van der Waals surface area contributed by atoms with Crippen molar-refractivity contribution in [3.05, 3.63) is 48.0 Å². The van der Waals surface area contributed by atoms with Crippen molar-refractivity contribution < 1.29 is 18.3 Å². The first-order valence-corrected chi connectivity index (χ1v) is 8.65. The molecule has 1 atom stereocenters. The van der Waals surface area contributed by atoms with Crippen LogP contribution in [0.25, 0.3) is 10.8 Å². The van der Waals surface area contributed by atoms with Crippen LogP contribution in [-0.4, -0.2) is 31.0 Å². The fourth-order valence-electron chi connectivity index (χ4n) is 2.38. The Hall–Kier alpha value is -1.88. The number of carboxylic acid groups (broad SMARTS) is 1. The van der Waals surface area contributed by atoms with Gasteiger partial charge in [-0.25, -0.2) is 8.42 Å². The van der Waals surface area contributed by atoms with Crippen molar-refractivity contribution in [1.82, 2.24) is 0 Å². The summed E-state index contributed by atoms with van der Waals surface area (Å²) < 4.78 is 23.4. The highest BCUT2D eigenvalue weighted by Crippen LogP contribution is 2.22. The van der Waals surface area contributed by atoms with Gasteiger partial charge in [-0.15, -0.1) is 0 Å². The molecule has 0 spiro atoms. The van der Waals surface area contributed by atoms with Gasteiger partial charge in [0.15, 0.2) is 9.84 Å². The van der Waals surface area contributed by atoms with Gasteiger partial charge >= 0.3 is 5.97 Å². The van der Waals surface area contributed by atoms with Crippen molar-refractivity contribution in [2.45, 2.75) is 13.3 Å². The van der Waals surface area contributed by atoms with Crippen molar-refractivity contribution in [3.8, 4) is 0 Å². The predicted molar refractivity (Wildman–Crippen MR) is 83.1 cm³/mol. The molecule has 0 aromatic heterocycles. The topological polar surface area (TPSA) is 71.4 Å². The SMILES string of the molecule is CCS(=O)(=O)CC(Cc1cccc2ccccc12)C(=O)O. The standard InChI is InChI=1S/C16H18O4S/c1-2-21(19,20)11-14(16(17)18)10-13-8-5-7-12-6-3-4-9-15(12)13/h3-9,14H,2,10-11H2,1H3,(H,17,18).